The van der Waals surface area contributed by atoms with Crippen LogP contribution in [0.4, 0.5) is 14.5 Å². The van der Waals surface area contributed by atoms with Gasteiger partial charge in [0, 0.05) is 47.9 Å². The molecule has 2 bridgehead atoms. The molecule has 0 radical (unpaired) electrons. The Morgan fingerprint density at radius 3 is 2.78 bits per heavy atom. The number of likely N-dealkylation sites (tertiary alicyclic amines) is 1. The average Bonchev–Trinajstić information content (AvgIpc) is 3.43. The Morgan fingerprint density at radius 1 is 1.14 bits per heavy atom. The Morgan fingerprint density at radius 2 is 1.97 bits per heavy atom. The molecule has 1 aromatic rings. The highest BCUT2D eigenvalue weighted by molar-refractivity contribution is 6.04. The predicted molar refractivity (Wildman–Crippen MR) is 134 cm³/mol. The average molecular weight is 517 g/mol. The van der Waals surface area contributed by atoms with Crippen LogP contribution < -0.4 is 10.6 Å². The van der Waals surface area contributed by atoms with Gasteiger partial charge in [-0.1, -0.05) is 18.6 Å². The highest BCUT2D eigenvalue weighted by Crippen LogP contribution is 2.51. The molecule has 0 spiro atoms. The number of rotatable bonds is 3. The first-order chi connectivity index (χ1) is 17.7. The van der Waals surface area contributed by atoms with Crippen LogP contribution in [0.15, 0.2) is 18.2 Å². The molecule has 10 atom stereocenters. The van der Waals surface area contributed by atoms with Gasteiger partial charge in [0.1, 0.15) is 0 Å². The summed E-state index contributed by atoms with van der Waals surface area (Å²) in [5.74, 6) is 0.507. The van der Waals surface area contributed by atoms with Crippen molar-refractivity contribution in [3.8, 4) is 0 Å². The van der Waals surface area contributed by atoms with Crippen molar-refractivity contribution in [1.82, 2.24) is 15.1 Å². The van der Waals surface area contributed by atoms with Crippen molar-refractivity contribution in [2.24, 2.45) is 11.8 Å². The summed E-state index contributed by atoms with van der Waals surface area (Å²) in [6, 6.07) is 7.42. The summed E-state index contributed by atoms with van der Waals surface area (Å²) in [7, 11) is 2.21. The minimum Gasteiger partial charge on any atom is -0.375 e. The molecule has 7 nitrogen and oxygen atoms in total. The second-order valence-electron chi connectivity index (χ2n) is 12.6. The fraction of sp³-hybridized carbons (Fsp3) is 0.750. The Bertz CT molecular complexity index is 1090. The predicted octanol–water partition coefficient (Wildman–Crippen LogP) is 3.19. The number of halogens is 2. The first kappa shape index (κ1) is 24.4. The van der Waals surface area contributed by atoms with Crippen LogP contribution in [-0.4, -0.2) is 77.5 Å². The minimum atomic E-state index is -2.72. The second kappa shape index (κ2) is 8.68. The molecule has 3 N–H and O–H groups in total. The quantitative estimate of drug-likeness (QED) is 0.573. The molecule has 37 heavy (non-hydrogen) atoms. The number of carbonyl (C=O) groups is 1. The number of nitrogens with one attached hydrogen (secondary N) is 2. The molecule has 5 fully saturated rings. The molecule has 1 aromatic carbocycles. The SMILES string of the molecule is CN1CC2CCCC(OC(F)F)C2[C@H]2C[C@@H]1C1NC3CCC(c4ccc5c(c4)NC(=O)C5(C)O)CC3N12. The van der Waals surface area contributed by atoms with Crippen molar-refractivity contribution >= 4 is 11.6 Å². The summed E-state index contributed by atoms with van der Waals surface area (Å²) in [5, 5.41) is 17.4. The molecule has 2 saturated carbocycles. The number of alkyl halides is 2. The van der Waals surface area contributed by atoms with Crippen molar-refractivity contribution in [3.05, 3.63) is 29.3 Å². The van der Waals surface area contributed by atoms with Crippen LogP contribution in [0.3, 0.4) is 0 Å². The number of aliphatic hydroxyl groups is 1. The molecule has 3 saturated heterocycles. The molecule has 7 rings (SSSR count). The number of nitrogens with zero attached hydrogens (tertiary/aromatic N) is 2. The van der Waals surface area contributed by atoms with Gasteiger partial charge in [-0.25, -0.2) is 0 Å². The van der Waals surface area contributed by atoms with Crippen molar-refractivity contribution in [2.45, 2.75) is 106 Å². The number of ether oxygens (including phenoxy) is 1. The molecule has 202 valence electrons. The van der Waals surface area contributed by atoms with Crippen LogP contribution in [0.5, 0.6) is 0 Å². The maximum atomic E-state index is 13.4. The van der Waals surface area contributed by atoms with Crippen LogP contribution in [0.25, 0.3) is 0 Å². The number of likely N-dealkylation sites (N-methyl/N-ethyl adjacent to an activating group) is 1. The van der Waals surface area contributed by atoms with E-state index in [0.29, 0.717) is 41.2 Å². The number of amides is 1. The molecule has 1 amide bonds. The number of benzene rings is 1. The third-order valence-corrected chi connectivity index (χ3v) is 10.7. The summed E-state index contributed by atoms with van der Waals surface area (Å²) in [4.78, 5) is 17.4. The Labute approximate surface area is 216 Å². The van der Waals surface area contributed by atoms with E-state index in [1.165, 1.54) is 12.5 Å². The zero-order valence-corrected chi connectivity index (χ0v) is 21.6. The molecule has 2 aliphatic carbocycles. The van der Waals surface area contributed by atoms with Gasteiger partial charge >= 0.3 is 6.61 Å². The molecule has 4 heterocycles. The zero-order valence-electron chi connectivity index (χ0n) is 21.6. The van der Waals surface area contributed by atoms with E-state index in [1.807, 2.05) is 12.1 Å². The van der Waals surface area contributed by atoms with E-state index in [2.05, 4.69) is 33.5 Å². The van der Waals surface area contributed by atoms with E-state index in [-0.39, 0.29) is 30.1 Å². The van der Waals surface area contributed by atoms with E-state index in [9.17, 15) is 18.7 Å². The highest BCUT2D eigenvalue weighted by Gasteiger charge is 2.60. The lowest BCUT2D eigenvalue weighted by Crippen LogP contribution is -2.56. The van der Waals surface area contributed by atoms with Gasteiger partial charge in [0.2, 0.25) is 0 Å². The van der Waals surface area contributed by atoms with Crippen LogP contribution in [0, 0.1) is 11.8 Å². The maximum Gasteiger partial charge on any atom is 0.345 e. The van der Waals surface area contributed by atoms with Crippen molar-refractivity contribution in [3.63, 3.8) is 0 Å². The van der Waals surface area contributed by atoms with Gasteiger partial charge in [0.25, 0.3) is 5.91 Å². The van der Waals surface area contributed by atoms with Gasteiger partial charge in [-0.05, 0) is 76.0 Å². The molecular formula is C28H38F2N4O3. The Balaban J connectivity index is 1.17. The van der Waals surface area contributed by atoms with Crippen molar-refractivity contribution < 1.29 is 23.4 Å². The first-order valence-electron chi connectivity index (χ1n) is 14.1. The molecule has 4 aliphatic heterocycles. The van der Waals surface area contributed by atoms with Crippen molar-refractivity contribution in [1.29, 1.82) is 0 Å². The summed E-state index contributed by atoms with van der Waals surface area (Å²) in [6.07, 6.45) is 6.80. The fourth-order valence-electron chi connectivity index (χ4n) is 9.07. The third kappa shape index (κ3) is 3.72. The number of hydrogen-bond acceptors (Lipinski definition) is 6. The maximum absolute atomic E-state index is 13.4. The highest BCUT2D eigenvalue weighted by atomic mass is 19.3. The van der Waals surface area contributed by atoms with Gasteiger partial charge in [0.15, 0.2) is 5.60 Å². The van der Waals surface area contributed by atoms with E-state index >= 15 is 0 Å². The Hall–Kier alpha value is -1.65. The van der Waals surface area contributed by atoms with E-state index in [0.717, 1.165) is 51.5 Å². The standard InChI is InChI=1S/C28H38F2N4O3/c1-28(36)17-8-6-14(10-19(17)32-26(28)35)15-7-9-18-20(11-15)34-21-12-22(25(34)31-18)33(2)13-16-4-3-5-23(24(16)21)37-27(29)30/h6,8,10,15-16,18,20-25,27,31,36H,3-5,7,9,11-13H2,1-2H3,(H,32,35)/t15?,16?,18?,20?,21-,22-,23?,24?,25?,28?/m1/s1. The normalized spacial score (nSPS) is 45.2. The van der Waals surface area contributed by atoms with Crippen LogP contribution >= 0.6 is 0 Å². The minimum absolute atomic E-state index is 0.138. The largest absolute Gasteiger partial charge is 0.375 e. The van der Waals surface area contributed by atoms with Crippen molar-refractivity contribution in [2.75, 3.05) is 18.9 Å². The van der Waals surface area contributed by atoms with Crippen LogP contribution in [0.1, 0.15) is 68.9 Å². The summed E-state index contributed by atoms with van der Waals surface area (Å²) in [6.45, 7) is -0.219. The molecule has 6 aliphatic rings. The van der Waals surface area contributed by atoms with E-state index < -0.39 is 12.2 Å². The monoisotopic (exact) mass is 516 g/mol. The van der Waals surface area contributed by atoms with Gasteiger partial charge in [-0.2, -0.15) is 8.78 Å². The molecule has 0 aromatic heterocycles. The van der Waals surface area contributed by atoms with Gasteiger partial charge in [-0.3, -0.25) is 15.0 Å². The zero-order chi connectivity index (χ0) is 25.6. The molecule has 8 unspecified atom stereocenters. The summed E-state index contributed by atoms with van der Waals surface area (Å²) >= 11 is 0. The van der Waals surface area contributed by atoms with Gasteiger partial charge < -0.3 is 20.1 Å². The summed E-state index contributed by atoms with van der Waals surface area (Å²) < 4.78 is 32.2. The topological polar surface area (TPSA) is 77.1 Å². The number of fused-ring (bicyclic) bond motifs is 10. The summed E-state index contributed by atoms with van der Waals surface area (Å²) in [5.41, 5.74) is 1.06. The second-order valence-corrected chi connectivity index (χ2v) is 12.6. The Kier molecular flexibility index (Phi) is 5.72. The van der Waals surface area contributed by atoms with Crippen LogP contribution in [0.2, 0.25) is 0 Å². The number of anilines is 1. The lowest BCUT2D eigenvalue weighted by molar-refractivity contribution is -0.198. The number of hydrogen-bond donors (Lipinski definition) is 3. The lowest BCUT2D eigenvalue weighted by atomic mass is 9.72. The van der Waals surface area contributed by atoms with E-state index in [4.69, 9.17) is 4.74 Å². The van der Waals surface area contributed by atoms with E-state index in [1.54, 1.807) is 0 Å². The molecular weight excluding hydrogens is 478 g/mol. The van der Waals surface area contributed by atoms with Gasteiger partial charge in [-0.15, -0.1) is 0 Å². The van der Waals surface area contributed by atoms with Gasteiger partial charge in [0.05, 0.1) is 12.3 Å². The smallest absolute Gasteiger partial charge is 0.345 e. The third-order valence-electron chi connectivity index (χ3n) is 10.7. The lowest BCUT2D eigenvalue weighted by Gasteiger charge is -2.47. The molecule has 9 heteroatoms. The first-order valence-corrected chi connectivity index (χ1v) is 14.1. The fourth-order valence-corrected chi connectivity index (χ4v) is 9.07. The van der Waals surface area contributed by atoms with Crippen LogP contribution in [-0.2, 0) is 15.1 Å². The number of carbonyl (C=O) groups excluding carboxylic acids is 1.